The third kappa shape index (κ3) is 2.24. The molecule has 0 spiro atoms. The van der Waals surface area contributed by atoms with Gasteiger partial charge in [-0.1, -0.05) is 0 Å². The van der Waals surface area contributed by atoms with E-state index in [1.165, 1.54) is 6.07 Å². The van der Waals surface area contributed by atoms with Crippen molar-refractivity contribution >= 4 is 28.9 Å². The van der Waals surface area contributed by atoms with Gasteiger partial charge >= 0.3 is 0 Å². The lowest BCUT2D eigenvalue weighted by Crippen LogP contribution is -2.09. The van der Waals surface area contributed by atoms with Crippen LogP contribution in [-0.4, -0.2) is 11.3 Å². The first kappa shape index (κ1) is 11.4. The Balaban J connectivity index is 3.39. The zero-order valence-electron chi connectivity index (χ0n) is 7.01. The first-order chi connectivity index (χ1) is 6.60. The van der Waals surface area contributed by atoms with E-state index in [-0.39, 0.29) is 23.4 Å². The number of carbonyl (C=O) groups is 1. The van der Waals surface area contributed by atoms with E-state index >= 15 is 0 Å². The number of hydrogen-bond donors (Lipinski definition) is 1. The third-order valence-electron chi connectivity index (χ3n) is 1.71. The van der Waals surface area contributed by atoms with Crippen LogP contribution in [0.5, 0.6) is 0 Å². The molecule has 0 aliphatic heterocycles. The number of alkyl halides is 2. The van der Waals surface area contributed by atoms with Crippen molar-refractivity contribution in [3.63, 3.8) is 0 Å². The van der Waals surface area contributed by atoms with Crippen LogP contribution in [-0.2, 0) is 6.54 Å². The van der Waals surface area contributed by atoms with Gasteiger partial charge in [0.05, 0.1) is 0 Å². The van der Waals surface area contributed by atoms with E-state index in [1.54, 1.807) is 22.6 Å². The Hall–Kier alpha value is -0.630. The molecular formula is C8H7F2IN2O. The molecule has 0 aromatic carbocycles. The summed E-state index contributed by atoms with van der Waals surface area (Å²) in [5.41, 5.74) is 5.18. The summed E-state index contributed by atoms with van der Waals surface area (Å²) in [5.74, 6) is 0. The van der Waals surface area contributed by atoms with Gasteiger partial charge in [0.1, 0.15) is 9.39 Å². The molecule has 0 atom stereocenters. The van der Waals surface area contributed by atoms with E-state index in [2.05, 4.69) is 4.98 Å². The first-order valence-corrected chi connectivity index (χ1v) is 4.80. The molecule has 1 aromatic rings. The fourth-order valence-corrected chi connectivity index (χ4v) is 1.69. The summed E-state index contributed by atoms with van der Waals surface area (Å²) < 4.78 is 25.4. The summed E-state index contributed by atoms with van der Waals surface area (Å²) in [6.07, 6.45) is -2.19. The molecule has 3 nitrogen and oxygen atoms in total. The van der Waals surface area contributed by atoms with Crippen LogP contribution in [0, 0.1) is 3.70 Å². The molecule has 0 unspecified atom stereocenters. The predicted molar refractivity (Wildman–Crippen MR) is 55.2 cm³/mol. The zero-order valence-corrected chi connectivity index (χ0v) is 9.16. The van der Waals surface area contributed by atoms with Crippen LogP contribution in [0.25, 0.3) is 0 Å². The Morgan fingerprint density at radius 3 is 2.71 bits per heavy atom. The molecular weight excluding hydrogens is 305 g/mol. The number of carbonyl (C=O) groups excluding carboxylic acids is 1. The van der Waals surface area contributed by atoms with Crippen molar-refractivity contribution in [1.29, 1.82) is 0 Å². The predicted octanol–water partition coefficient (Wildman–Crippen LogP) is 1.89. The van der Waals surface area contributed by atoms with Crippen molar-refractivity contribution < 1.29 is 13.6 Å². The second-order valence-corrected chi connectivity index (χ2v) is 3.63. The number of rotatable bonds is 3. The van der Waals surface area contributed by atoms with Gasteiger partial charge in [-0.15, -0.1) is 0 Å². The Morgan fingerprint density at radius 1 is 1.64 bits per heavy atom. The van der Waals surface area contributed by atoms with Crippen LogP contribution in [0.1, 0.15) is 28.0 Å². The second kappa shape index (κ2) is 4.74. The van der Waals surface area contributed by atoms with Gasteiger partial charge in [0.15, 0.2) is 6.29 Å². The van der Waals surface area contributed by atoms with Crippen LogP contribution >= 0.6 is 22.6 Å². The number of aldehydes is 1. The van der Waals surface area contributed by atoms with Gasteiger partial charge in [-0.3, -0.25) is 4.79 Å². The van der Waals surface area contributed by atoms with E-state index < -0.39 is 6.43 Å². The molecule has 6 heteroatoms. The molecule has 0 aliphatic carbocycles. The maximum atomic E-state index is 12.5. The van der Waals surface area contributed by atoms with Gasteiger partial charge in [-0.25, -0.2) is 13.8 Å². The molecule has 14 heavy (non-hydrogen) atoms. The summed E-state index contributed by atoms with van der Waals surface area (Å²) in [7, 11) is 0. The number of nitrogens with zero attached hydrogens (tertiary/aromatic N) is 1. The number of halogens is 3. The van der Waals surface area contributed by atoms with Crippen LogP contribution < -0.4 is 5.73 Å². The molecule has 0 radical (unpaired) electrons. The van der Waals surface area contributed by atoms with Crippen molar-refractivity contribution in [3.8, 4) is 0 Å². The molecule has 0 bridgehead atoms. The highest BCUT2D eigenvalue weighted by Gasteiger charge is 2.17. The lowest BCUT2D eigenvalue weighted by atomic mass is 10.1. The van der Waals surface area contributed by atoms with Gasteiger partial charge in [0, 0.05) is 17.7 Å². The minimum atomic E-state index is -2.64. The highest BCUT2D eigenvalue weighted by atomic mass is 127. The van der Waals surface area contributed by atoms with E-state index in [9.17, 15) is 13.6 Å². The lowest BCUT2D eigenvalue weighted by molar-refractivity contribution is 0.111. The average molecular weight is 312 g/mol. The topological polar surface area (TPSA) is 56.0 Å². The number of nitrogens with two attached hydrogens (primary N) is 1. The number of pyridine rings is 1. The maximum absolute atomic E-state index is 12.5. The van der Waals surface area contributed by atoms with Gasteiger partial charge in [0.2, 0.25) is 0 Å². The Kier molecular flexibility index (Phi) is 3.87. The summed E-state index contributed by atoms with van der Waals surface area (Å²) in [4.78, 5) is 14.4. The summed E-state index contributed by atoms with van der Waals surface area (Å²) in [5, 5.41) is 0. The summed E-state index contributed by atoms with van der Waals surface area (Å²) in [6.45, 7) is -0.113. The monoisotopic (exact) mass is 312 g/mol. The van der Waals surface area contributed by atoms with E-state index in [4.69, 9.17) is 5.73 Å². The van der Waals surface area contributed by atoms with Crippen LogP contribution in [0.2, 0.25) is 0 Å². The quantitative estimate of drug-likeness (QED) is 0.527. The highest BCUT2D eigenvalue weighted by Crippen LogP contribution is 2.25. The minimum absolute atomic E-state index is 0.00491. The van der Waals surface area contributed by atoms with Crippen LogP contribution in [0.4, 0.5) is 8.78 Å². The highest BCUT2D eigenvalue weighted by molar-refractivity contribution is 14.1. The van der Waals surface area contributed by atoms with E-state index in [1.807, 2.05) is 0 Å². The average Bonchev–Trinajstić information content (AvgIpc) is 2.16. The van der Waals surface area contributed by atoms with Gasteiger partial charge in [0.25, 0.3) is 6.43 Å². The normalized spacial score (nSPS) is 10.6. The fraction of sp³-hybridized carbons (Fsp3) is 0.250. The van der Waals surface area contributed by atoms with Crippen LogP contribution in [0.3, 0.4) is 0 Å². The SMILES string of the molecule is NCc1c(C(F)F)cc(I)nc1C=O. The molecule has 1 aromatic heterocycles. The minimum Gasteiger partial charge on any atom is -0.326 e. The summed E-state index contributed by atoms with van der Waals surface area (Å²) >= 11 is 1.78. The number of hydrogen-bond acceptors (Lipinski definition) is 3. The van der Waals surface area contributed by atoms with Crippen molar-refractivity contribution in [2.45, 2.75) is 13.0 Å². The van der Waals surface area contributed by atoms with Crippen molar-refractivity contribution in [1.82, 2.24) is 4.98 Å². The molecule has 0 fully saturated rings. The van der Waals surface area contributed by atoms with Crippen molar-refractivity contribution in [2.24, 2.45) is 5.73 Å². The van der Waals surface area contributed by atoms with Crippen LogP contribution in [0.15, 0.2) is 6.07 Å². The number of aromatic nitrogens is 1. The largest absolute Gasteiger partial charge is 0.326 e. The van der Waals surface area contributed by atoms with E-state index in [0.717, 1.165) is 0 Å². The second-order valence-electron chi connectivity index (χ2n) is 2.52. The molecule has 0 amide bonds. The zero-order chi connectivity index (χ0) is 10.7. The standard InChI is InChI=1S/C8H7F2IN2O/c9-8(10)4-1-7(11)13-6(3-14)5(4)2-12/h1,3,8H,2,12H2. The third-order valence-corrected chi connectivity index (χ3v) is 2.26. The molecule has 0 aliphatic rings. The fourth-order valence-electron chi connectivity index (χ4n) is 1.09. The molecule has 0 saturated carbocycles. The van der Waals surface area contributed by atoms with E-state index in [0.29, 0.717) is 9.99 Å². The molecule has 1 rings (SSSR count). The van der Waals surface area contributed by atoms with Gasteiger partial charge in [-0.2, -0.15) is 0 Å². The van der Waals surface area contributed by atoms with Gasteiger partial charge in [-0.05, 0) is 28.7 Å². The maximum Gasteiger partial charge on any atom is 0.264 e. The molecule has 0 saturated heterocycles. The molecule has 76 valence electrons. The smallest absolute Gasteiger partial charge is 0.264 e. The molecule has 2 N–H and O–H groups in total. The van der Waals surface area contributed by atoms with Gasteiger partial charge < -0.3 is 5.73 Å². The first-order valence-electron chi connectivity index (χ1n) is 3.72. The lowest BCUT2D eigenvalue weighted by Gasteiger charge is -2.09. The van der Waals surface area contributed by atoms with Crippen molar-refractivity contribution in [2.75, 3.05) is 0 Å². The Bertz CT molecular complexity index is 357. The summed E-state index contributed by atoms with van der Waals surface area (Å²) in [6, 6.07) is 1.24. The van der Waals surface area contributed by atoms with Crippen molar-refractivity contribution in [3.05, 3.63) is 26.6 Å². The molecule has 1 heterocycles. The Morgan fingerprint density at radius 2 is 2.29 bits per heavy atom. The Labute approximate surface area is 92.8 Å².